The van der Waals surface area contributed by atoms with Crippen LogP contribution in [0, 0.1) is 0 Å². The number of aromatic amines is 1. The van der Waals surface area contributed by atoms with E-state index in [1.54, 1.807) is 0 Å². The molecule has 4 nitrogen and oxygen atoms in total. The van der Waals surface area contributed by atoms with E-state index in [-0.39, 0.29) is 11.9 Å². The van der Waals surface area contributed by atoms with E-state index in [0.29, 0.717) is 25.5 Å². The molecular weight excluding hydrogens is 228 g/mol. The number of rotatable bonds is 1. The van der Waals surface area contributed by atoms with Crippen LogP contribution in [0.4, 0.5) is 0 Å². The van der Waals surface area contributed by atoms with Crippen LogP contribution in [0.3, 0.4) is 0 Å². The number of amides is 1. The smallest absolute Gasteiger partial charge is 0.270 e. The lowest BCUT2D eigenvalue weighted by Crippen LogP contribution is -2.47. The van der Waals surface area contributed by atoms with Gasteiger partial charge in [-0.25, -0.2) is 0 Å². The topological polar surface area (TPSA) is 45.3 Å². The predicted octanol–water partition coefficient (Wildman–Crippen LogP) is 2.03. The van der Waals surface area contributed by atoms with Crippen molar-refractivity contribution in [3.05, 3.63) is 36.0 Å². The first-order valence-corrected chi connectivity index (χ1v) is 6.22. The molecule has 94 valence electrons. The van der Waals surface area contributed by atoms with E-state index < -0.39 is 0 Å². The van der Waals surface area contributed by atoms with Crippen molar-refractivity contribution >= 4 is 16.8 Å². The number of carbonyl (C=O) groups is 1. The maximum Gasteiger partial charge on any atom is 0.270 e. The molecule has 1 unspecified atom stereocenters. The van der Waals surface area contributed by atoms with E-state index in [4.69, 9.17) is 4.74 Å². The summed E-state index contributed by atoms with van der Waals surface area (Å²) in [6.07, 6.45) is 0. The molecule has 2 aromatic rings. The minimum absolute atomic E-state index is 0.0574. The number of carbonyl (C=O) groups excluding carboxylic acids is 1. The molecule has 1 atom stereocenters. The molecule has 1 aliphatic rings. The second-order valence-corrected chi connectivity index (χ2v) is 4.69. The molecule has 1 aromatic carbocycles. The molecule has 1 fully saturated rings. The van der Waals surface area contributed by atoms with Crippen molar-refractivity contribution in [3.63, 3.8) is 0 Å². The van der Waals surface area contributed by atoms with Crippen LogP contribution >= 0.6 is 0 Å². The van der Waals surface area contributed by atoms with E-state index >= 15 is 0 Å². The third-order valence-electron chi connectivity index (χ3n) is 3.39. The van der Waals surface area contributed by atoms with Gasteiger partial charge < -0.3 is 14.6 Å². The first kappa shape index (κ1) is 11.3. The Morgan fingerprint density at radius 2 is 2.28 bits per heavy atom. The average Bonchev–Trinajstić information content (AvgIpc) is 2.82. The monoisotopic (exact) mass is 244 g/mol. The fraction of sp³-hybridized carbons (Fsp3) is 0.357. The molecule has 1 N–H and O–H groups in total. The summed E-state index contributed by atoms with van der Waals surface area (Å²) in [5.74, 6) is 0.0574. The first-order chi connectivity index (χ1) is 8.75. The molecule has 1 amide bonds. The van der Waals surface area contributed by atoms with Crippen molar-refractivity contribution in [2.45, 2.75) is 13.0 Å². The summed E-state index contributed by atoms with van der Waals surface area (Å²) in [5, 5.41) is 1.07. The molecule has 1 saturated heterocycles. The summed E-state index contributed by atoms with van der Waals surface area (Å²) >= 11 is 0. The van der Waals surface area contributed by atoms with E-state index in [9.17, 15) is 4.79 Å². The van der Waals surface area contributed by atoms with E-state index in [1.165, 1.54) is 0 Å². The Morgan fingerprint density at radius 3 is 3.06 bits per heavy atom. The normalized spacial score (nSPS) is 20.3. The van der Waals surface area contributed by atoms with Crippen LogP contribution in [0.5, 0.6) is 0 Å². The standard InChI is InChI=1S/C14H16N2O2/c1-10-9-18-7-6-16(10)14(17)13-8-11-4-2-3-5-12(11)15-13/h2-5,8,10,15H,6-7,9H2,1H3. The summed E-state index contributed by atoms with van der Waals surface area (Å²) in [4.78, 5) is 17.5. The van der Waals surface area contributed by atoms with Gasteiger partial charge in [0.05, 0.1) is 19.3 Å². The van der Waals surface area contributed by atoms with Crippen molar-refractivity contribution in [2.24, 2.45) is 0 Å². The summed E-state index contributed by atoms with van der Waals surface area (Å²) < 4.78 is 5.35. The number of benzene rings is 1. The van der Waals surface area contributed by atoms with Gasteiger partial charge in [-0.15, -0.1) is 0 Å². The molecule has 2 heterocycles. The summed E-state index contributed by atoms with van der Waals surface area (Å²) in [7, 11) is 0. The Balaban J connectivity index is 1.91. The SMILES string of the molecule is CC1COCCN1C(=O)c1cc2ccccc2[nH]1. The highest BCUT2D eigenvalue weighted by Gasteiger charge is 2.25. The van der Waals surface area contributed by atoms with Gasteiger partial charge in [0.25, 0.3) is 5.91 Å². The lowest BCUT2D eigenvalue weighted by atomic mass is 10.2. The highest BCUT2D eigenvalue weighted by molar-refractivity contribution is 5.98. The van der Waals surface area contributed by atoms with E-state index in [2.05, 4.69) is 4.98 Å². The number of nitrogens with zero attached hydrogens (tertiary/aromatic N) is 1. The van der Waals surface area contributed by atoms with Crippen molar-refractivity contribution < 1.29 is 9.53 Å². The maximum atomic E-state index is 12.4. The van der Waals surface area contributed by atoms with E-state index in [0.717, 1.165) is 10.9 Å². The molecule has 1 aliphatic heterocycles. The number of aromatic nitrogens is 1. The van der Waals surface area contributed by atoms with Crippen LogP contribution in [-0.4, -0.2) is 41.6 Å². The zero-order valence-electron chi connectivity index (χ0n) is 10.3. The molecule has 3 rings (SSSR count). The Bertz CT molecular complexity index is 543. The lowest BCUT2D eigenvalue weighted by Gasteiger charge is -2.32. The van der Waals surface area contributed by atoms with Gasteiger partial charge in [-0.05, 0) is 19.1 Å². The number of nitrogens with one attached hydrogen (secondary N) is 1. The molecule has 0 saturated carbocycles. The highest BCUT2D eigenvalue weighted by atomic mass is 16.5. The van der Waals surface area contributed by atoms with Crippen LogP contribution in [0.25, 0.3) is 10.9 Å². The summed E-state index contributed by atoms with van der Waals surface area (Å²) in [6, 6.07) is 9.98. The van der Waals surface area contributed by atoms with Crippen LogP contribution in [0.15, 0.2) is 30.3 Å². The quantitative estimate of drug-likeness (QED) is 0.834. The van der Waals surface area contributed by atoms with Crippen LogP contribution < -0.4 is 0 Å². The molecule has 0 aliphatic carbocycles. The van der Waals surface area contributed by atoms with Crippen LogP contribution in [0.2, 0.25) is 0 Å². The number of morpholine rings is 1. The molecular formula is C14H16N2O2. The van der Waals surface area contributed by atoms with Crippen LogP contribution in [0.1, 0.15) is 17.4 Å². The number of para-hydroxylation sites is 1. The van der Waals surface area contributed by atoms with Crippen molar-refractivity contribution in [1.82, 2.24) is 9.88 Å². The Hall–Kier alpha value is -1.81. The van der Waals surface area contributed by atoms with Gasteiger partial charge in [0.2, 0.25) is 0 Å². The Labute approximate surface area is 106 Å². The second-order valence-electron chi connectivity index (χ2n) is 4.69. The average molecular weight is 244 g/mol. The minimum Gasteiger partial charge on any atom is -0.377 e. The highest BCUT2D eigenvalue weighted by Crippen LogP contribution is 2.18. The van der Waals surface area contributed by atoms with Gasteiger partial charge in [-0.2, -0.15) is 0 Å². The fourth-order valence-corrected chi connectivity index (χ4v) is 2.37. The number of hydrogen-bond donors (Lipinski definition) is 1. The molecule has 0 bridgehead atoms. The number of H-pyrrole nitrogens is 1. The Kier molecular flexibility index (Phi) is 2.80. The van der Waals surface area contributed by atoms with Gasteiger partial charge in [0.15, 0.2) is 0 Å². The summed E-state index contributed by atoms with van der Waals surface area (Å²) in [6.45, 7) is 3.91. The van der Waals surface area contributed by atoms with Gasteiger partial charge in [0.1, 0.15) is 5.69 Å². The third-order valence-corrected chi connectivity index (χ3v) is 3.39. The van der Waals surface area contributed by atoms with Crippen molar-refractivity contribution in [3.8, 4) is 0 Å². The van der Waals surface area contributed by atoms with Crippen molar-refractivity contribution in [1.29, 1.82) is 0 Å². The largest absolute Gasteiger partial charge is 0.377 e. The number of hydrogen-bond acceptors (Lipinski definition) is 2. The summed E-state index contributed by atoms with van der Waals surface area (Å²) in [5.41, 5.74) is 1.66. The fourth-order valence-electron chi connectivity index (χ4n) is 2.37. The van der Waals surface area contributed by atoms with Crippen LogP contribution in [-0.2, 0) is 4.74 Å². The molecule has 4 heteroatoms. The second kappa shape index (κ2) is 4.46. The van der Waals surface area contributed by atoms with Gasteiger partial charge in [-0.3, -0.25) is 4.79 Å². The van der Waals surface area contributed by atoms with Gasteiger partial charge >= 0.3 is 0 Å². The van der Waals surface area contributed by atoms with Gasteiger partial charge in [-0.1, -0.05) is 18.2 Å². The minimum atomic E-state index is 0.0574. The van der Waals surface area contributed by atoms with Crippen molar-refractivity contribution in [2.75, 3.05) is 19.8 Å². The van der Waals surface area contributed by atoms with E-state index in [1.807, 2.05) is 42.2 Å². The molecule has 1 aromatic heterocycles. The lowest BCUT2D eigenvalue weighted by molar-refractivity contribution is 0.00332. The third kappa shape index (κ3) is 1.88. The first-order valence-electron chi connectivity index (χ1n) is 6.22. The maximum absolute atomic E-state index is 12.4. The molecule has 0 spiro atoms. The molecule has 18 heavy (non-hydrogen) atoms. The Morgan fingerprint density at radius 1 is 1.44 bits per heavy atom. The number of ether oxygens (including phenoxy) is 1. The zero-order valence-corrected chi connectivity index (χ0v) is 10.3. The van der Waals surface area contributed by atoms with Gasteiger partial charge in [0, 0.05) is 17.4 Å². The number of fused-ring (bicyclic) bond motifs is 1. The molecule has 0 radical (unpaired) electrons. The zero-order chi connectivity index (χ0) is 12.5. The predicted molar refractivity (Wildman–Crippen MR) is 69.6 cm³/mol.